The minimum atomic E-state index is -0.176. The molecule has 6 heteroatoms. The second kappa shape index (κ2) is 5.24. The van der Waals surface area contributed by atoms with Crippen LogP contribution in [0.4, 0.5) is 0 Å². The van der Waals surface area contributed by atoms with Gasteiger partial charge < -0.3 is 5.32 Å². The smallest absolute Gasteiger partial charge is 0.238 e. The van der Waals surface area contributed by atoms with Crippen LogP contribution in [-0.2, 0) is 9.59 Å². The summed E-state index contributed by atoms with van der Waals surface area (Å²) in [6.45, 7) is 5.55. The molecule has 0 radical (unpaired) electrons. The fourth-order valence-corrected chi connectivity index (χ4v) is 3.13. The SMILES string of the molecule is CC(C(=O)NN)C(C)N1CCCC2C(=O)NCC21. The number of rotatable bonds is 3. The van der Waals surface area contributed by atoms with Crippen molar-refractivity contribution in [3.63, 3.8) is 0 Å². The molecule has 6 nitrogen and oxygen atoms in total. The summed E-state index contributed by atoms with van der Waals surface area (Å²) in [7, 11) is 0. The van der Waals surface area contributed by atoms with Gasteiger partial charge in [-0.15, -0.1) is 0 Å². The molecule has 0 bridgehead atoms. The third-order valence-electron chi connectivity index (χ3n) is 4.45. The molecule has 0 aliphatic carbocycles. The van der Waals surface area contributed by atoms with Gasteiger partial charge in [0.25, 0.3) is 0 Å². The molecule has 4 atom stereocenters. The van der Waals surface area contributed by atoms with E-state index in [0.717, 1.165) is 19.4 Å². The lowest BCUT2D eigenvalue weighted by Gasteiger charge is -2.41. The van der Waals surface area contributed by atoms with E-state index in [2.05, 4.69) is 15.6 Å². The minimum absolute atomic E-state index is 0.0917. The normalized spacial score (nSPS) is 31.4. The maximum Gasteiger partial charge on any atom is 0.238 e. The summed E-state index contributed by atoms with van der Waals surface area (Å²) >= 11 is 0. The monoisotopic (exact) mass is 254 g/mol. The Morgan fingerprint density at radius 2 is 2.28 bits per heavy atom. The van der Waals surface area contributed by atoms with Crippen LogP contribution in [0.15, 0.2) is 0 Å². The van der Waals surface area contributed by atoms with Crippen LogP contribution < -0.4 is 16.6 Å². The van der Waals surface area contributed by atoms with Crippen molar-refractivity contribution in [2.75, 3.05) is 13.1 Å². The number of carbonyl (C=O) groups excluding carboxylic acids is 2. The first-order valence-corrected chi connectivity index (χ1v) is 6.60. The number of hydrogen-bond donors (Lipinski definition) is 3. The molecule has 4 N–H and O–H groups in total. The highest BCUT2D eigenvalue weighted by atomic mass is 16.2. The number of fused-ring (bicyclic) bond motifs is 1. The topological polar surface area (TPSA) is 87.5 Å². The van der Waals surface area contributed by atoms with Gasteiger partial charge in [-0.25, -0.2) is 5.84 Å². The Bertz CT molecular complexity index is 347. The van der Waals surface area contributed by atoms with Crippen molar-refractivity contribution in [3.8, 4) is 0 Å². The van der Waals surface area contributed by atoms with Gasteiger partial charge in [-0.3, -0.25) is 19.9 Å². The van der Waals surface area contributed by atoms with E-state index in [1.54, 1.807) is 0 Å². The number of nitrogens with one attached hydrogen (secondary N) is 2. The average molecular weight is 254 g/mol. The lowest BCUT2D eigenvalue weighted by molar-refractivity contribution is -0.127. The molecule has 0 aromatic heterocycles. The van der Waals surface area contributed by atoms with Gasteiger partial charge in [0.15, 0.2) is 0 Å². The molecule has 2 aliphatic heterocycles. The Hall–Kier alpha value is -1.14. The summed E-state index contributed by atoms with van der Waals surface area (Å²) in [6, 6.07) is 0.323. The molecule has 2 amide bonds. The molecule has 2 rings (SSSR count). The molecule has 4 unspecified atom stereocenters. The molecular weight excluding hydrogens is 232 g/mol. The van der Waals surface area contributed by atoms with Crippen molar-refractivity contribution < 1.29 is 9.59 Å². The van der Waals surface area contributed by atoms with Crippen molar-refractivity contribution in [3.05, 3.63) is 0 Å². The fourth-order valence-electron chi connectivity index (χ4n) is 3.13. The van der Waals surface area contributed by atoms with Gasteiger partial charge in [0.1, 0.15) is 0 Å². The highest BCUT2D eigenvalue weighted by Crippen LogP contribution is 2.30. The average Bonchev–Trinajstić information content (AvgIpc) is 2.78. The van der Waals surface area contributed by atoms with Crippen LogP contribution >= 0.6 is 0 Å². The molecule has 102 valence electrons. The van der Waals surface area contributed by atoms with E-state index in [0.29, 0.717) is 6.54 Å². The van der Waals surface area contributed by atoms with Crippen LogP contribution in [0.3, 0.4) is 0 Å². The Balaban J connectivity index is 2.07. The van der Waals surface area contributed by atoms with Gasteiger partial charge in [0.2, 0.25) is 11.8 Å². The van der Waals surface area contributed by atoms with E-state index >= 15 is 0 Å². The second-order valence-corrected chi connectivity index (χ2v) is 5.34. The molecule has 0 saturated carbocycles. The summed E-state index contributed by atoms with van der Waals surface area (Å²) in [5.74, 6) is 5.11. The minimum Gasteiger partial charge on any atom is -0.354 e. The van der Waals surface area contributed by atoms with Gasteiger partial charge in [0.05, 0.1) is 11.8 Å². The highest BCUT2D eigenvalue weighted by molar-refractivity contribution is 5.82. The number of nitrogens with zero attached hydrogens (tertiary/aromatic N) is 1. The second-order valence-electron chi connectivity index (χ2n) is 5.34. The van der Waals surface area contributed by atoms with Crippen molar-refractivity contribution >= 4 is 11.8 Å². The first-order valence-electron chi connectivity index (χ1n) is 6.60. The Labute approximate surface area is 107 Å². The molecule has 2 saturated heterocycles. The zero-order valence-corrected chi connectivity index (χ0v) is 11.0. The number of nitrogens with two attached hydrogens (primary N) is 1. The molecule has 2 aliphatic rings. The van der Waals surface area contributed by atoms with E-state index in [1.807, 2.05) is 13.8 Å². The largest absolute Gasteiger partial charge is 0.354 e. The van der Waals surface area contributed by atoms with Gasteiger partial charge in [-0.2, -0.15) is 0 Å². The first kappa shape index (κ1) is 13.3. The molecular formula is C12H22N4O2. The predicted molar refractivity (Wildman–Crippen MR) is 67.2 cm³/mol. The number of amides is 2. The van der Waals surface area contributed by atoms with Crippen LogP contribution in [0.25, 0.3) is 0 Å². The number of carbonyl (C=O) groups is 2. The third kappa shape index (κ3) is 2.22. The quantitative estimate of drug-likeness (QED) is 0.350. The maximum atomic E-state index is 11.7. The predicted octanol–water partition coefficient (Wildman–Crippen LogP) is -0.789. The molecule has 2 heterocycles. The van der Waals surface area contributed by atoms with Crippen LogP contribution in [-0.4, -0.2) is 41.9 Å². The molecule has 0 aromatic carbocycles. The van der Waals surface area contributed by atoms with E-state index < -0.39 is 0 Å². The Morgan fingerprint density at radius 1 is 1.56 bits per heavy atom. The van der Waals surface area contributed by atoms with Crippen LogP contribution in [0.1, 0.15) is 26.7 Å². The Morgan fingerprint density at radius 3 is 2.94 bits per heavy atom. The van der Waals surface area contributed by atoms with Crippen LogP contribution in [0.5, 0.6) is 0 Å². The van der Waals surface area contributed by atoms with E-state index in [-0.39, 0.29) is 35.7 Å². The molecule has 0 spiro atoms. The summed E-state index contributed by atoms with van der Waals surface area (Å²) in [4.78, 5) is 25.6. The van der Waals surface area contributed by atoms with Gasteiger partial charge >= 0.3 is 0 Å². The van der Waals surface area contributed by atoms with Gasteiger partial charge in [-0.05, 0) is 26.3 Å². The van der Waals surface area contributed by atoms with Crippen LogP contribution in [0, 0.1) is 11.8 Å². The van der Waals surface area contributed by atoms with Crippen molar-refractivity contribution in [2.45, 2.75) is 38.8 Å². The Kier molecular flexibility index (Phi) is 3.87. The zero-order chi connectivity index (χ0) is 13.3. The van der Waals surface area contributed by atoms with Gasteiger partial charge in [0, 0.05) is 18.6 Å². The standard InChI is InChI=1S/C12H22N4O2/c1-7(11(17)15-13)8(2)16-5-3-4-9-10(16)6-14-12(9)18/h7-10H,3-6,13H2,1-2H3,(H,14,18)(H,15,17). The summed E-state index contributed by atoms with van der Waals surface area (Å²) < 4.78 is 0. The zero-order valence-electron chi connectivity index (χ0n) is 11.0. The van der Waals surface area contributed by atoms with Crippen molar-refractivity contribution in [2.24, 2.45) is 17.7 Å². The van der Waals surface area contributed by atoms with Crippen molar-refractivity contribution in [1.82, 2.24) is 15.6 Å². The van der Waals surface area contributed by atoms with Gasteiger partial charge in [-0.1, -0.05) is 6.92 Å². The van der Waals surface area contributed by atoms with Crippen LogP contribution in [0.2, 0.25) is 0 Å². The molecule has 0 aromatic rings. The number of hydrazine groups is 1. The summed E-state index contributed by atoms with van der Waals surface area (Å²) in [5, 5.41) is 2.92. The summed E-state index contributed by atoms with van der Waals surface area (Å²) in [5.41, 5.74) is 2.21. The number of hydrogen-bond acceptors (Lipinski definition) is 4. The maximum absolute atomic E-state index is 11.7. The van der Waals surface area contributed by atoms with E-state index in [1.165, 1.54) is 0 Å². The molecule has 2 fully saturated rings. The third-order valence-corrected chi connectivity index (χ3v) is 4.45. The number of likely N-dealkylation sites (tertiary alicyclic amines) is 1. The van der Waals surface area contributed by atoms with E-state index in [9.17, 15) is 9.59 Å². The lowest BCUT2D eigenvalue weighted by atomic mass is 9.88. The van der Waals surface area contributed by atoms with E-state index in [4.69, 9.17) is 5.84 Å². The fraction of sp³-hybridized carbons (Fsp3) is 0.833. The molecule has 18 heavy (non-hydrogen) atoms. The summed E-state index contributed by atoms with van der Waals surface area (Å²) in [6.07, 6.45) is 1.97. The first-order chi connectivity index (χ1) is 8.56. The lowest BCUT2D eigenvalue weighted by Crippen LogP contribution is -2.54. The highest BCUT2D eigenvalue weighted by Gasteiger charge is 2.43. The van der Waals surface area contributed by atoms with Crippen molar-refractivity contribution in [1.29, 1.82) is 0 Å². The number of piperidine rings is 1.